The quantitative estimate of drug-likeness (QED) is 0.770. The number of hydrogen-bond acceptors (Lipinski definition) is 4. The number of halogens is 2. The van der Waals surface area contributed by atoms with Crippen molar-refractivity contribution in [1.29, 1.82) is 0 Å². The van der Waals surface area contributed by atoms with Gasteiger partial charge in [0.05, 0.1) is 20.1 Å². The summed E-state index contributed by atoms with van der Waals surface area (Å²) in [5.74, 6) is -1.67. The molecule has 1 fully saturated rings. The highest BCUT2D eigenvalue weighted by Gasteiger charge is 2.36. The van der Waals surface area contributed by atoms with Crippen LogP contribution >= 0.6 is 0 Å². The molecule has 8 heteroatoms. The maximum Gasteiger partial charge on any atom is 0.254 e. The summed E-state index contributed by atoms with van der Waals surface area (Å²) < 4.78 is 36.7. The molecule has 1 aliphatic heterocycles. The van der Waals surface area contributed by atoms with E-state index in [1.807, 2.05) is 18.2 Å². The smallest absolute Gasteiger partial charge is 0.254 e. The van der Waals surface area contributed by atoms with Gasteiger partial charge in [-0.3, -0.25) is 9.59 Å². The topological polar surface area (TPSA) is 67.9 Å². The average molecular weight is 404 g/mol. The Morgan fingerprint density at radius 1 is 1.03 bits per heavy atom. The second-order valence-corrected chi connectivity index (χ2v) is 6.77. The summed E-state index contributed by atoms with van der Waals surface area (Å²) in [4.78, 5) is 25.9. The van der Waals surface area contributed by atoms with Gasteiger partial charge in [0, 0.05) is 25.2 Å². The molecule has 1 heterocycles. The van der Waals surface area contributed by atoms with Crippen molar-refractivity contribution in [3.8, 4) is 11.5 Å². The number of benzene rings is 2. The van der Waals surface area contributed by atoms with Gasteiger partial charge in [-0.15, -0.1) is 0 Å². The lowest BCUT2D eigenvalue weighted by Gasteiger charge is -2.38. The minimum atomic E-state index is -1.07. The first-order valence-corrected chi connectivity index (χ1v) is 9.16. The van der Waals surface area contributed by atoms with Gasteiger partial charge in [-0.05, 0) is 42.3 Å². The van der Waals surface area contributed by atoms with E-state index in [1.165, 1.54) is 11.0 Å². The molecule has 2 aromatic rings. The molecule has 0 atom stereocenters. The number of nitrogens with zero attached hydrogens (tertiary/aromatic N) is 1. The van der Waals surface area contributed by atoms with Crippen molar-refractivity contribution in [2.45, 2.75) is 6.42 Å². The van der Waals surface area contributed by atoms with Crippen LogP contribution in [0.2, 0.25) is 0 Å². The number of methoxy groups -OCH3 is 2. The summed E-state index contributed by atoms with van der Waals surface area (Å²) in [5.41, 5.74) is 1.06. The molecule has 0 aromatic heterocycles. The molecule has 0 unspecified atom stereocenters. The van der Waals surface area contributed by atoms with Gasteiger partial charge in [0.15, 0.2) is 23.1 Å². The average Bonchev–Trinajstić information content (AvgIpc) is 2.68. The maximum absolute atomic E-state index is 13.3. The predicted octanol–water partition coefficient (Wildman–Crippen LogP) is 2.41. The highest BCUT2D eigenvalue weighted by molar-refractivity contribution is 5.96. The molecule has 6 nitrogen and oxygen atoms in total. The van der Waals surface area contributed by atoms with E-state index in [-0.39, 0.29) is 30.5 Å². The van der Waals surface area contributed by atoms with E-state index in [9.17, 15) is 18.4 Å². The second kappa shape index (κ2) is 8.89. The number of carbonyl (C=O) groups excluding carboxylic acids is 2. The standard InChI is InChI=1S/C21H22F2N2O4/c1-28-18-6-3-13(9-19(18)29-2)7-8-24-20(26)15-11-25(12-15)21(27)14-4-5-16(22)17(23)10-14/h3-6,9-10,15H,7-8,11-12H2,1-2H3,(H,24,26). The number of carbonyl (C=O) groups is 2. The van der Waals surface area contributed by atoms with Crippen molar-refractivity contribution in [1.82, 2.24) is 10.2 Å². The fraction of sp³-hybridized carbons (Fsp3) is 0.333. The van der Waals surface area contributed by atoms with Crippen LogP contribution in [-0.2, 0) is 11.2 Å². The van der Waals surface area contributed by atoms with E-state index in [1.54, 1.807) is 14.2 Å². The molecule has 29 heavy (non-hydrogen) atoms. The number of rotatable bonds is 7. The minimum absolute atomic E-state index is 0.0659. The van der Waals surface area contributed by atoms with Crippen LogP contribution in [0.4, 0.5) is 8.78 Å². The molecule has 0 spiro atoms. The third-order valence-electron chi connectivity index (χ3n) is 4.87. The number of nitrogens with one attached hydrogen (secondary N) is 1. The summed E-state index contributed by atoms with van der Waals surface area (Å²) in [6, 6.07) is 8.59. The molecule has 0 saturated carbocycles. The summed E-state index contributed by atoms with van der Waals surface area (Å²) in [7, 11) is 3.13. The summed E-state index contributed by atoms with van der Waals surface area (Å²) in [5, 5.41) is 2.86. The Labute approximate surface area is 167 Å². The van der Waals surface area contributed by atoms with E-state index < -0.39 is 17.5 Å². The van der Waals surface area contributed by atoms with E-state index in [0.29, 0.717) is 24.5 Å². The minimum Gasteiger partial charge on any atom is -0.493 e. The molecule has 3 rings (SSSR count). The van der Waals surface area contributed by atoms with Crippen molar-refractivity contribution in [2.75, 3.05) is 33.9 Å². The van der Waals surface area contributed by atoms with Crippen LogP contribution in [0.25, 0.3) is 0 Å². The maximum atomic E-state index is 13.3. The lowest BCUT2D eigenvalue weighted by Crippen LogP contribution is -2.55. The Morgan fingerprint density at radius 2 is 1.76 bits per heavy atom. The van der Waals surface area contributed by atoms with Crippen molar-refractivity contribution in [2.24, 2.45) is 5.92 Å². The first-order valence-electron chi connectivity index (χ1n) is 9.16. The Morgan fingerprint density at radius 3 is 2.41 bits per heavy atom. The van der Waals surface area contributed by atoms with Crippen molar-refractivity contribution in [3.63, 3.8) is 0 Å². The van der Waals surface area contributed by atoms with Gasteiger partial charge in [-0.2, -0.15) is 0 Å². The van der Waals surface area contributed by atoms with Crippen molar-refractivity contribution < 1.29 is 27.8 Å². The molecule has 2 amide bonds. The first kappa shape index (κ1) is 20.6. The monoisotopic (exact) mass is 404 g/mol. The van der Waals surface area contributed by atoms with E-state index in [2.05, 4.69) is 5.32 Å². The summed E-state index contributed by atoms with van der Waals surface area (Å²) >= 11 is 0. The lowest BCUT2D eigenvalue weighted by atomic mass is 9.97. The van der Waals surface area contributed by atoms with E-state index in [4.69, 9.17) is 9.47 Å². The van der Waals surface area contributed by atoms with Gasteiger partial charge in [0.1, 0.15) is 0 Å². The number of likely N-dealkylation sites (tertiary alicyclic amines) is 1. The van der Waals surface area contributed by atoms with Gasteiger partial charge >= 0.3 is 0 Å². The molecular weight excluding hydrogens is 382 g/mol. The first-order chi connectivity index (χ1) is 13.9. The van der Waals surface area contributed by atoms with Gasteiger partial charge in [0.25, 0.3) is 5.91 Å². The van der Waals surface area contributed by atoms with Gasteiger partial charge < -0.3 is 19.7 Å². The van der Waals surface area contributed by atoms with Crippen LogP contribution in [0, 0.1) is 17.6 Å². The molecule has 1 saturated heterocycles. The Kier molecular flexibility index (Phi) is 6.31. The highest BCUT2D eigenvalue weighted by Crippen LogP contribution is 2.27. The third kappa shape index (κ3) is 4.64. The normalized spacial score (nSPS) is 13.6. The Bertz CT molecular complexity index is 914. The number of amides is 2. The van der Waals surface area contributed by atoms with Crippen LogP contribution in [0.5, 0.6) is 11.5 Å². The number of hydrogen-bond donors (Lipinski definition) is 1. The third-order valence-corrected chi connectivity index (χ3v) is 4.87. The molecule has 1 aliphatic rings. The Balaban J connectivity index is 1.45. The predicted molar refractivity (Wildman–Crippen MR) is 102 cm³/mol. The fourth-order valence-corrected chi connectivity index (χ4v) is 3.13. The Hall–Kier alpha value is -3.16. The van der Waals surface area contributed by atoms with Crippen LogP contribution < -0.4 is 14.8 Å². The molecule has 0 bridgehead atoms. The van der Waals surface area contributed by atoms with Gasteiger partial charge in [-0.1, -0.05) is 6.07 Å². The highest BCUT2D eigenvalue weighted by atomic mass is 19.2. The molecule has 0 radical (unpaired) electrons. The van der Waals surface area contributed by atoms with Crippen molar-refractivity contribution in [3.05, 3.63) is 59.2 Å². The lowest BCUT2D eigenvalue weighted by molar-refractivity contribution is -0.128. The largest absolute Gasteiger partial charge is 0.493 e. The summed E-state index contributed by atoms with van der Waals surface area (Å²) in [6.07, 6.45) is 0.621. The van der Waals surface area contributed by atoms with Crippen LogP contribution in [0.15, 0.2) is 36.4 Å². The van der Waals surface area contributed by atoms with E-state index >= 15 is 0 Å². The molecular formula is C21H22F2N2O4. The van der Waals surface area contributed by atoms with Gasteiger partial charge in [0.2, 0.25) is 5.91 Å². The van der Waals surface area contributed by atoms with Crippen LogP contribution in [0.3, 0.4) is 0 Å². The zero-order valence-corrected chi connectivity index (χ0v) is 16.2. The van der Waals surface area contributed by atoms with Gasteiger partial charge in [-0.25, -0.2) is 8.78 Å². The molecule has 2 aromatic carbocycles. The zero-order chi connectivity index (χ0) is 21.0. The molecule has 0 aliphatic carbocycles. The second-order valence-electron chi connectivity index (χ2n) is 6.77. The molecule has 154 valence electrons. The van der Waals surface area contributed by atoms with Crippen LogP contribution in [0.1, 0.15) is 15.9 Å². The molecule has 1 N–H and O–H groups in total. The van der Waals surface area contributed by atoms with E-state index in [0.717, 1.165) is 17.7 Å². The number of ether oxygens (including phenoxy) is 2. The van der Waals surface area contributed by atoms with Crippen LogP contribution in [-0.4, -0.2) is 50.6 Å². The van der Waals surface area contributed by atoms with Crippen molar-refractivity contribution >= 4 is 11.8 Å². The summed E-state index contributed by atoms with van der Waals surface area (Å²) in [6.45, 7) is 0.946. The zero-order valence-electron chi connectivity index (χ0n) is 16.2. The SMILES string of the molecule is COc1ccc(CCNC(=O)C2CN(C(=O)c3ccc(F)c(F)c3)C2)cc1OC. The fourth-order valence-electron chi connectivity index (χ4n) is 3.13.